The molecule has 2 amide bonds. The number of piperazine rings is 1. The molecule has 1 aliphatic heterocycles. The summed E-state index contributed by atoms with van der Waals surface area (Å²) in [5.74, 6) is -1.22. The minimum atomic E-state index is -1.32. The van der Waals surface area contributed by atoms with E-state index in [2.05, 4.69) is 22.5 Å². The van der Waals surface area contributed by atoms with Gasteiger partial charge in [0.2, 0.25) is 0 Å². The standard InChI is InChI=1S/C34H50N4O8/c1-32-11-9-23(45-31(42)38-17-15-37(4)16-18-38)19-22(32)6-7-25-27(32)28(46-30(41)36-14-13-35-3)29(40)33(2)24(10-12-34(25,33)43)21-5-8-26(39)44-20-21/h5,8,20,22-25,27-28,35,43H,6-7,9-19H2,1-4H3,(H,36,41)/t22-,23+,24-,25-,27-,28+,32+,33+,34+/m1/s1. The zero-order chi connectivity index (χ0) is 32.9. The minimum Gasteiger partial charge on any atom is -0.446 e. The molecule has 5 fully saturated rings. The highest BCUT2D eigenvalue weighted by Gasteiger charge is 2.74. The van der Waals surface area contributed by atoms with E-state index in [1.165, 1.54) is 12.3 Å². The first-order valence-electron chi connectivity index (χ1n) is 17.0. The van der Waals surface area contributed by atoms with Gasteiger partial charge in [0.15, 0.2) is 11.9 Å². The van der Waals surface area contributed by atoms with E-state index in [0.29, 0.717) is 70.3 Å². The van der Waals surface area contributed by atoms with Crippen LogP contribution in [-0.4, -0.2) is 104 Å². The molecule has 9 atom stereocenters. The Hall–Kier alpha value is -2.96. The van der Waals surface area contributed by atoms with Gasteiger partial charge in [-0.3, -0.25) is 4.79 Å². The van der Waals surface area contributed by atoms with Gasteiger partial charge in [0, 0.05) is 57.2 Å². The van der Waals surface area contributed by atoms with Crippen LogP contribution in [0.1, 0.15) is 70.3 Å². The highest BCUT2D eigenvalue weighted by atomic mass is 16.6. The molecule has 3 N–H and O–H groups in total. The molecule has 2 heterocycles. The van der Waals surface area contributed by atoms with Crippen molar-refractivity contribution in [3.8, 4) is 0 Å². The van der Waals surface area contributed by atoms with E-state index in [-0.39, 0.29) is 29.8 Å². The van der Waals surface area contributed by atoms with Crippen LogP contribution in [0.15, 0.2) is 27.6 Å². The number of carbonyl (C=O) groups is 3. The number of ether oxygens (including phenoxy) is 2. The van der Waals surface area contributed by atoms with Crippen LogP contribution in [0.3, 0.4) is 0 Å². The molecule has 12 heteroatoms. The summed E-state index contributed by atoms with van der Waals surface area (Å²) >= 11 is 0. The summed E-state index contributed by atoms with van der Waals surface area (Å²) in [4.78, 5) is 56.9. The monoisotopic (exact) mass is 642 g/mol. The Kier molecular flexibility index (Phi) is 9.01. The van der Waals surface area contributed by atoms with Crippen LogP contribution in [0.2, 0.25) is 0 Å². The van der Waals surface area contributed by atoms with Crippen LogP contribution in [0.4, 0.5) is 9.59 Å². The summed E-state index contributed by atoms with van der Waals surface area (Å²) in [7, 11) is 3.84. The van der Waals surface area contributed by atoms with E-state index in [4.69, 9.17) is 13.9 Å². The molecule has 4 aliphatic carbocycles. The van der Waals surface area contributed by atoms with Gasteiger partial charge in [-0.2, -0.15) is 0 Å². The number of carbonyl (C=O) groups excluding carboxylic acids is 3. The number of ketones is 1. The van der Waals surface area contributed by atoms with E-state index in [1.54, 1.807) is 18.0 Å². The number of hydrogen-bond donors (Lipinski definition) is 3. The smallest absolute Gasteiger partial charge is 0.410 e. The maximum absolute atomic E-state index is 14.9. The van der Waals surface area contributed by atoms with Gasteiger partial charge in [-0.15, -0.1) is 0 Å². The van der Waals surface area contributed by atoms with E-state index in [0.717, 1.165) is 19.5 Å². The van der Waals surface area contributed by atoms with Crippen molar-refractivity contribution in [3.05, 3.63) is 34.4 Å². The molecule has 1 aromatic heterocycles. The average molecular weight is 643 g/mol. The lowest BCUT2D eigenvalue weighted by molar-refractivity contribution is -0.228. The molecule has 0 spiro atoms. The van der Waals surface area contributed by atoms with Gasteiger partial charge in [-0.05, 0) is 94.8 Å². The summed E-state index contributed by atoms with van der Waals surface area (Å²) in [6, 6.07) is 3.02. The number of fused-ring (bicyclic) bond motifs is 5. The van der Waals surface area contributed by atoms with Crippen molar-refractivity contribution in [2.24, 2.45) is 28.6 Å². The zero-order valence-electron chi connectivity index (χ0n) is 27.6. The highest BCUT2D eigenvalue weighted by Crippen LogP contribution is 2.70. The van der Waals surface area contributed by atoms with E-state index >= 15 is 0 Å². The van der Waals surface area contributed by atoms with Crippen LogP contribution in [0.25, 0.3) is 0 Å². The second kappa shape index (κ2) is 12.6. The molecular formula is C34H50N4O8. The fourth-order valence-electron chi connectivity index (χ4n) is 9.96. The van der Waals surface area contributed by atoms with Crippen LogP contribution < -0.4 is 16.3 Å². The Balaban J connectivity index is 1.28. The molecule has 0 unspecified atom stereocenters. The van der Waals surface area contributed by atoms with Crippen molar-refractivity contribution in [2.75, 3.05) is 53.4 Å². The van der Waals surface area contributed by atoms with Crippen molar-refractivity contribution in [1.29, 1.82) is 0 Å². The Morgan fingerprint density at radius 1 is 1.02 bits per heavy atom. The number of nitrogens with zero attached hydrogens (tertiary/aromatic N) is 2. The van der Waals surface area contributed by atoms with Crippen molar-refractivity contribution in [1.82, 2.24) is 20.4 Å². The second-order valence-electron chi connectivity index (χ2n) is 14.8. The lowest BCUT2D eigenvalue weighted by Crippen LogP contribution is -2.71. The van der Waals surface area contributed by atoms with Crippen LogP contribution in [0.5, 0.6) is 0 Å². The molecule has 12 nitrogen and oxygen atoms in total. The van der Waals surface area contributed by atoms with E-state index < -0.39 is 46.1 Å². The molecule has 254 valence electrons. The third kappa shape index (κ3) is 5.43. The third-order valence-corrected chi connectivity index (χ3v) is 12.7. The van der Waals surface area contributed by atoms with Crippen molar-refractivity contribution in [3.63, 3.8) is 0 Å². The Bertz CT molecular complexity index is 1360. The van der Waals surface area contributed by atoms with Crippen LogP contribution in [0, 0.1) is 28.6 Å². The molecule has 0 aromatic carbocycles. The SMILES string of the molecule is CNCCNC(=O)O[C@@H]1C(=O)[C@]2(C)[C@@H](c3ccc(=O)oc3)CC[C@]2(O)[C@@H]2CC[C@@H]3C[C@@H](OC(=O)N4CCN(C)CC4)CC[C@]3(C)[C@@H]12. The largest absolute Gasteiger partial charge is 0.446 e. The molecule has 4 saturated carbocycles. The molecule has 46 heavy (non-hydrogen) atoms. The average Bonchev–Trinajstić information content (AvgIpc) is 3.32. The first kappa shape index (κ1) is 33.0. The summed E-state index contributed by atoms with van der Waals surface area (Å²) in [5.41, 5.74) is -2.78. The van der Waals surface area contributed by atoms with Gasteiger partial charge in [-0.25, -0.2) is 14.4 Å². The number of rotatable bonds is 6. The summed E-state index contributed by atoms with van der Waals surface area (Å²) < 4.78 is 17.4. The highest BCUT2D eigenvalue weighted by molar-refractivity contribution is 5.94. The summed E-state index contributed by atoms with van der Waals surface area (Å²) in [5, 5.41) is 18.5. The topological polar surface area (TPSA) is 151 Å². The number of aliphatic hydroxyl groups is 1. The van der Waals surface area contributed by atoms with Gasteiger partial charge < -0.3 is 39.4 Å². The maximum Gasteiger partial charge on any atom is 0.410 e. The molecular weight excluding hydrogens is 592 g/mol. The number of alkyl carbamates (subject to hydrolysis) is 1. The predicted molar refractivity (Wildman–Crippen MR) is 168 cm³/mol. The number of nitrogens with one attached hydrogen (secondary N) is 2. The number of Topliss-reactive ketones (excluding diaryl/α,β-unsaturated/α-hetero) is 1. The number of likely N-dealkylation sites (N-methyl/N-ethyl adjacent to an activating group) is 2. The fraction of sp³-hybridized carbons (Fsp3) is 0.765. The number of amides is 2. The predicted octanol–water partition coefficient (Wildman–Crippen LogP) is 2.74. The Labute approximate surface area is 270 Å². The molecule has 1 aromatic rings. The Morgan fingerprint density at radius 3 is 2.48 bits per heavy atom. The molecule has 1 saturated heterocycles. The van der Waals surface area contributed by atoms with Crippen LogP contribution in [-0.2, 0) is 14.3 Å². The molecule has 0 bridgehead atoms. The summed E-state index contributed by atoms with van der Waals surface area (Å²) in [6.45, 7) is 7.83. The van der Waals surface area contributed by atoms with Gasteiger partial charge in [0.25, 0.3) is 0 Å². The summed E-state index contributed by atoms with van der Waals surface area (Å²) in [6.07, 6.45) is 3.67. The molecule has 6 rings (SSSR count). The minimum absolute atomic E-state index is 0.132. The van der Waals surface area contributed by atoms with Crippen LogP contribution >= 0.6 is 0 Å². The maximum atomic E-state index is 14.9. The first-order chi connectivity index (χ1) is 21.9. The second-order valence-corrected chi connectivity index (χ2v) is 14.8. The van der Waals surface area contributed by atoms with E-state index in [1.807, 2.05) is 14.0 Å². The fourth-order valence-corrected chi connectivity index (χ4v) is 9.96. The van der Waals surface area contributed by atoms with Crippen molar-refractivity contribution < 1.29 is 33.4 Å². The lowest BCUT2D eigenvalue weighted by atomic mass is 9.42. The Morgan fingerprint density at radius 2 is 1.78 bits per heavy atom. The van der Waals surface area contributed by atoms with Gasteiger partial charge in [0.05, 0.1) is 17.3 Å². The zero-order valence-corrected chi connectivity index (χ0v) is 27.6. The normalized spacial score (nSPS) is 39.2. The van der Waals surface area contributed by atoms with Crippen molar-refractivity contribution >= 4 is 18.0 Å². The third-order valence-electron chi connectivity index (χ3n) is 12.7. The van der Waals surface area contributed by atoms with Gasteiger partial charge in [-0.1, -0.05) is 6.92 Å². The van der Waals surface area contributed by atoms with Crippen molar-refractivity contribution in [2.45, 2.75) is 82.5 Å². The number of hydrogen-bond acceptors (Lipinski definition) is 10. The molecule has 5 aliphatic rings. The lowest BCUT2D eigenvalue weighted by Gasteiger charge is -2.64. The molecule has 0 radical (unpaired) electrons. The first-order valence-corrected chi connectivity index (χ1v) is 17.0. The van der Waals surface area contributed by atoms with E-state index in [9.17, 15) is 24.3 Å². The van der Waals surface area contributed by atoms with Gasteiger partial charge in [0.1, 0.15) is 6.10 Å². The quantitative estimate of drug-likeness (QED) is 0.395. The van der Waals surface area contributed by atoms with Gasteiger partial charge >= 0.3 is 17.8 Å².